The Hall–Kier alpha value is -4.49. The fourth-order valence-corrected chi connectivity index (χ4v) is 13.9. The number of hydrogen-bond acceptors (Lipinski definition) is 11. The third-order valence-electron chi connectivity index (χ3n) is 14.0. The molecule has 2 aromatic carbocycles. The molecule has 6 aliphatic rings. The number of para-hydroxylation sites is 1. The van der Waals surface area contributed by atoms with E-state index < -0.39 is 85.4 Å². The zero-order valence-electron chi connectivity index (χ0n) is 37.4. The van der Waals surface area contributed by atoms with Gasteiger partial charge in [-0.3, -0.25) is 0 Å². The summed E-state index contributed by atoms with van der Waals surface area (Å²) in [6, 6.07) is 13.6. The number of ether oxygens (including phenoxy) is 3. The zero-order valence-corrected chi connectivity index (χ0v) is 40.3. The van der Waals surface area contributed by atoms with Crippen LogP contribution in [-0.4, -0.2) is 117 Å². The van der Waals surface area contributed by atoms with Gasteiger partial charge in [0.25, 0.3) is 0 Å². The molecule has 3 aliphatic carbocycles. The van der Waals surface area contributed by atoms with Crippen LogP contribution in [0.25, 0.3) is 10.9 Å². The molecule has 4 heterocycles. The zero-order chi connectivity index (χ0) is 45.7. The van der Waals surface area contributed by atoms with Gasteiger partial charge in [-0.1, -0.05) is 12.5 Å². The van der Waals surface area contributed by atoms with Crippen LogP contribution in [0.1, 0.15) is 81.4 Å². The molecular formula is C48H60IN6O9S-. The number of carbonyl (C=O) groups is 4. The molecule has 4 amide bonds. The molecule has 3 aliphatic heterocycles. The number of nitrogens with one attached hydrogen (secondary N) is 3. The van der Waals surface area contributed by atoms with Gasteiger partial charge in [-0.15, -0.1) is 0 Å². The molecule has 0 radical (unpaired) electrons. The third-order valence-corrected chi connectivity index (χ3v) is 20.0. The Morgan fingerprint density at radius 2 is 1.77 bits per heavy atom. The van der Waals surface area contributed by atoms with Gasteiger partial charge in [0.2, 0.25) is 0 Å². The summed E-state index contributed by atoms with van der Waals surface area (Å²) in [6.07, 6.45) is 7.77. The number of amides is 4. The Labute approximate surface area is 391 Å². The van der Waals surface area contributed by atoms with E-state index in [0.29, 0.717) is 55.9 Å². The standard InChI is InChI=1S/C48H60IN6O9S/c1-5-39-48(49-39,45(58)53-65(60,61)47(2)20-21-47)52-42(56)37-27-33-28-55(37)44(57)40(32-24-29-14-9-10-15-30(29)25-32)51-46(59)64-38-26-31(38)16-7-6-8-18-35-41(62-23-13-22-54(3)4)34-17-11-12-19-36(34)50-43(35)63-33/h5,9-12,14-15,17,19,31-33,37-40H,1,6-8,13,16,18,20-28H2,2-4H3,(H,51,59)(H,52,56)(H,53,58)/q-1/t31-,33-,37+,38-,39+,40+,48-/m1/s1. The number of benzene rings is 2. The van der Waals surface area contributed by atoms with Crippen molar-refractivity contribution >= 4 is 44.7 Å². The first kappa shape index (κ1) is 45.7. The number of carbonyl (C=O) groups excluding carboxylic acids is 4. The summed E-state index contributed by atoms with van der Waals surface area (Å²) in [5, 5.41) is 6.80. The van der Waals surface area contributed by atoms with E-state index in [9.17, 15) is 22.8 Å². The van der Waals surface area contributed by atoms with E-state index in [1.807, 2.05) is 62.6 Å². The number of halogens is 1. The van der Waals surface area contributed by atoms with Crippen LogP contribution >= 0.6 is 0 Å². The van der Waals surface area contributed by atoms with Gasteiger partial charge < -0.3 is 4.90 Å². The van der Waals surface area contributed by atoms with Gasteiger partial charge in [-0.25, -0.2) is 0 Å². The number of alkyl halides is 2. The summed E-state index contributed by atoms with van der Waals surface area (Å²) in [6.45, 7) is 6.80. The number of aromatic nitrogens is 1. The summed E-state index contributed by atoms with van der Waals surface area (Å²) >= 11 is -1.09. The van der Waals surface area contributed by atoms with Crippen molar-refractivity contribution in [2.24, 2.45) is 11.8 Å². The van der Waals surface area contributed by atoms with Crippen molar-refractivity contribution in [2.75, 3.05) is 33.8 Å². The second-order valence-electron chi connectivity index (χ2n) is 19.2. The second-order valence-corrected chi connectivity index (χ2v) is 25.0. The number of pyridine rings is 1. The van der Waals surface area contributed by atoms with Crippen LogP contribution in [0, 0.1) is 11.8 Å². The number of sulfonamides is 1. The van der Waals surface area contributed by atoms with Gasteiger partial charge >= 0.3 is 343 Å². The van der Waals surface area contributed by atoms with Gasteiger partial charge in [0.05, 0.1) is 0 Å². The number of rotatable bonds is 12. The van der Waals surface area contributed by atoms with E-state index in [1.165, 1.54) is 4.90 Å². The van der Waals surface area contributed by atoms with Crippen molar-refractivity contribution in [3.05, 3.63) is 77.9 Å². The van der Waals surface area contributed by atoms with Crippen molar-refractivity contribution in [3.63, 3.8) is 0 Å². The van der Waals surface area contributed by atoms with Gasteiger partial charge in [-0.2, -0.15) is 0 Å². The average Bonchev–Trinajstić information content (AvgIpc) is 4.23. The Balaban J connectivity index is 1.07. The topological polar surface area (TPSA) is 186 Å². The molecule has 3 aromatic rings. The molecule has 1 aromatic heterocycles. The Kier molecular flexibility index (Phi) is 12.9. The molecule has 65 heavy (non-hydrogen) atoms. The summed E-state index contributed by atoms with van der Waals surface area (Å²) in [5.41, 5.74) is 3.70. The van der Waals surface area contributed by atoms with E-state index in [-0.39, 0.29) is 30.9 Å². The normalized spacial score (nSPS) is 28.7. The van der Waals surface area contributed by atoms with E-state index in [4.69, 9.17) is 19.2 Å². The first-order valence-corrected chi connectivity index (χ1v) is 26.9. The molecule has 7 atom stereocenters. The van der Waals surface area contributed by atoms with E-state index in [0.717, 1.165) is 67.1 Å². The molecule has 4 fully saturated rings. The maximum absolute atomic E-state index is 15.3. The second kappa shape index (κ2) is 18.3. The number of fused-ring (bicyclic) bond motifs is 6. The summed E-state index contributed by atoms with van der Waals surface area (Å²) in [7, 11) is 0.0531. The molecule has 350 valence electrons. The van der Waals surface area contributed by atoms with Crippen molar-refractivity contribution in [2.45, 2.75) is 120 Å². The predicted molar refractivity (Wildman–Crippen MR) is 239 cm³/mol. The van der Waals surface area contributed by atoms with Crippen LogP contribution in [0.3, 0.4) is 0 Å². The monoisotopic (exact) mass is 1020 g/mol. The van der Waals surface area contributed by atoms with Crippen LogP contribution < -0.4 is 46.0 Å². The van der Waals surface area contributed by atoms with Crippen molar-refractivity contribution < 1.29 is 63.0 Å². The summed E-state index contributed by atoms with van der Waals surface area (Å²) in [4.78, 5) is 66.5. The summed E-state index contributed by atoms with van der Waals surface area (Å²) in [5.74, 6) is -0.859. The Morgan fingerprint density at radius 3 is 2.48 bits per heavy atom. The van der Waals surface area contributed by atoms with Crippen LogP contribution in [0.15, 0.2) is 61.2 Å². The molecule has 2 bridgehead atoms. The molecule has 3 N–H and O–H groups in total. The first-order valence-electron chi connectivity index (χ1n) is 23.0. The van der Waals surface area contributed by atoms with Crippen molar-refractivity contribution in [1.82, 2.24) is 30.1 Å². The molecule has 0 spiro atoms. The molecular weight excluding hydrogens is 964 g/mol. The van der Waals surface area contributed by atoms with Crippen molar-refractivity contribution in [3.8, 4) is 11.6 Å². The Morgan fingerprint density at radius 1 is 1.03 bits per heavy atom. The van der Waals surface area contributed by atoms with Crippen LogP contribution in [0.5, 0.6) is 11.6 Å². The molecule has 15 nitrogen and oxygen atoms in total. The molecule has 2 saturated carbocycles. The SMILES string of the molecule is C=C[C@@H]1[I-][C@]1(NC(=O)[C@@H]1C[C@@H]2CN1C(=O)[C@H](C1Cc3ccccc3C1)NC(=O)O[C@@H]1C[C@H]1CCCCCc1c(nc3ccccc3c1OCCCN(C)C)O2)C(=O)NS(=O)(=O)C1(C)CC1. The number of nitrogens with zero attached hydrogens (tertiary/aromatic N) is 3. The number of alkyl carbamates (subject to hydrolysis) is 1. The molecule has 9 rings (SSSR count). The fraction of sp³-hybridized carbons (Fsp3) is 0.562. The van der Waals surface area contributed by atoms with Gasteiger partial charge in [0.1, 0.15) is 0 Å². The minimum absolute atomic E-state index is 0.0205. The maximum atomic E-state index is 15.3. The van der Waals surface area contributed by atoms with E-state index in [2.05, 4.69) is 26.8 Å². The van der Waals surface area contributed by atoms with Gasteiger partial charge in [-0.05, 0) is 26.9 Å². The number of hydrogen-bond donors (Lipinski definition) is 3. The molecule has 17 heteroatoms. The first-order chi connectivity index (χ1) is 31.2. The fourth-order valence-electron chi connectivity index (χ4n) is 9.73. The third kappa shape index (κ3) is 9.56. The minimum atomic E-state index is -4.01. The van der Waals surface area contributed by atoms with Crippen molar-refractivity contribution in [1.29, 1.82) is 0 Å². The Bertz CT molecular complexity index is 2460. The predicted octanol–water partition coefficient (Wildman–Crippen LogP) is 1.40. The molecule has 0 unspecified atom stereocenters. The van der Waals surface area contributed by atoms with Crippen LogP contribution in [0.4, 0.5) is 4.79 Å². The van der Waals surface area contributed by atoms with E-state index >= 15 is 4.79 Å². The summed E-state index contributed by atoms with van der Waals surface area (Å²) < 4.78 is 45.4. The van der Waals surface area contributed by atoms with Crippen LogP contribution in [0.2, 0.25) is 0 Å². The van der Waals surface area contributed by atoms with Gasteiger partial charge in [0, 0.05) is 6.54 Å². The van der Waals surface area contributed by atoms with E-state index in [1.54, 1.807) is 13.0 Å². The quantitative estimate of drug-likeness (QED) is 0.0784. The van der Waals surface area contributed by atoms with Gasteiger partial charge in [0.15, 0.2) is 0 Å². The van der Waals surface area contributed by atoms with Crippen LogP contribution in [-0.2, 0) is 48.4 Å². The average molecular weight is 1020 g/mol. The molecule has 2 saturated heterocycles.